The molecule has 1 aliphatic rings. The Morgan fingerprint density at radius 1 is 1.36 bits per heavy atom. The quantitative estimate of drug-likeness (QED) is 0.686. The molecule has 0 aliphatic carbocycles. The molecule has 0 bridgehead atoms. The zero-order valence-corrected chi connectivity index (χ0v) is 9.71. The average Bonchev–Trinajstić information content (AvgIpc) is 2.28. The molecule has 14 heavy (non-hydrogen) atoms. The van der Waals surface area contributed by atoms with Crippen molar-refractivity contribution in [3.63, 3.8) is 0 Å². The molecule has 0 aromatic carbocycles. The van der Waals surface area contributed by atoms with Gasteiger partial charge in [-0.2, -0.15) is 0 Å². The van der Waals surface area contributed by atoms with Gasteiger partial charge in [0.05, 0.1) is 5.60 Å². The fourth-order valence-electron chi connectivity index (χ4n) is 2.08. The lowest BCUT2D eigenvalue weighted by molar-refractivity contribution is 0.0616. The van der Waals surface area contributed by atoms with Gasteiger partial charge in [0.2, 0.25) is 0 Å². The Labute approximate surface area is 87.6 Å². The zero-order valence-electron chi connectivity index (χ0n) is 9.71. The molecule has 1 heterocycles. The predicted octanol–water partition coefficient (Wildman–Crippen LogP) is 2.19. The van der Waals surface area contributed by atoms with Gasteiger partial charge in [0.1, 0.15) is 0 Å². The first kappa shape index (κ1) is 11.7. The largest absolute Gasteiger partial charge is 0.385 e. The second-order valence-corrected chi connectivity index (χ2v) is 4.80. The molecule has 1 unspecified atom stereocenters. The molecule has 0 saturated carbocycles. The summed E-state index contributed by atoms with van der Waals surface area (Å²) in [5.74, 6) is 0. The van der Waals surface area contributed by atoms with E-state index in [2.05, 4.69) is 25.3 Å². The van der Waals surface area contributed by atoms with Crippen molar-refractivity contribution in [3.05, 3.63) is 12.2 Å². The first-order valence-electron chi connectivity index (χ1n) is 5.58. The first-order chi connectivity index (χ1) is 6.46. The van der Waals surface area contributed by atoms with Crippen molar-refractivity contribution >= 4 is 0 Å². The topological polar surface area (TPSA) is 23.5 Å². The summed E-state index contributed by atoms with van der Waals surface area (Å²) < 4.78 is 0. The number of rotatable bonds is 2. The third-order valence-electron chi connectivity index (χ3n) is 3.37. The second-order valence-electron chi connectivity index (χ2n) is 4.80. The molecule has 2 nitrogen and oxygen atoms in total. The Morgan fingerprint density at radius 2 is 2.00 bits per heavy atom. The van der Waals surface area contributed by atoms with Crippen LogP contribution >= 0.6 is 0 Å². The summed E-state index contributed by atoms with van der Waals surface area (Å²) in [7, 11) is 0. The lowest BCUT2D eigenvalue weighted by atomic mass is 9.88. The summed E-state index contributed by atoms with van der Waals surface area (Å²) >= 11 is 0. The van der Waals surface area contributed by atoms with Crippen molar-refractivity contribution in [1.82, 2.24) is 4.90 Å². The average molecular weight is 197 g/mol. The van der Waals surface area contributed by atoms with Crippen LogP contribution in [0.2, 0.25) is 0 Å². The minimum atomic E-state index is -0.607. The van der Waals surface area contributed by atoms with Crippen LogP contribution in [0, 0.1) is 0 Å². The van der Waals surface area contributed by atoms with Crippen molar-refractivity contribution in [3.8, 4) is 0 Å². The van der Waals surface area contributed by atoms with Crippen LogP contribution in [-0.4, -0.2) is 34.7 Å². The van der Waals surface area contributed by atoms with Crippen LogP contribution in [0.4, 0.5) is 0 Å². The Morgan fingerprint density at radius 3 is 2.50 bits per heavy atom. The third-order valence-corrected chi connectivity index (χ3v) is 3.37. The molecule has 82 valence electrons. The van der Waals surface area contributed by atoms with E-state index in [-0.39, 0.29) is 0 Å². The standard InChI is InChI=1S/C12H23NO/c1-10(2)12(14)6-5-8-13(9-7-12)11(3)4/h11,14H,1,5-9H2,2-4H3. The maximum Gasteiger partial charge on any atom is 0.0864 e. The molecular weight excluding hydrogens is 174 g/mol. The maximum atomic E-state index is 10.3. The molecule has 0 aromatic rings. The molecule has 1 N–H and O–H groups in total. The van der Waals surface area contributed by atoms with Gasteiger partial charge < -0.3 is 10.0 Å². The van der Waals surface area contributed by atoms with Crippen molar-refractivity contribution in [1.29, 1.82) is 0 Å². The molecule has 0 amide bonds. The van der Waals surface area contributed by atoms with Crippen LogP contribution in [0.25, 0.3) is 0 Å². The predicted molar refractivity (Wildman–Crippen MR) is 60.3 cm³/mol. The highest BCUT2D eigenvalue weighted by Crippen LogP contribution is 2.28. The van der Waals surface area contributed by atoms with Gasteiger partial charge in [0, 0.05) is 12.6 Å². The van der Waals surface area contributed by atoms with Crippen LogP contribution in [-0.2, 0) is 0 Å². The molecule has 0 aromatic heterocycles. The number of aliphatic hydroxyl groups is 1. The molecule has 2 heteroatoms. The highest BCUT2D eigenvalue weighted by molar-refractivity contribution is 5.10. The van der Waals surface area contributed by atoms with Crippen molar-refractivity contribution < 1.29 is 5.11 Å². The smallest absolute Gasteiger partial charge is 0.0864 e. The minimum Gasteiger partial charge on any atom is -0.385 e. The van der Waals surface area contributed by atoms with Crippen LogP contribution in [0.3, 0.4) is 0 Å². The van der Waals surface area contributed by atoms with Gasteiger partial charge in [-0.25, -0.2) is 0 Å². The first-order valence-corrected chi connectivity index (χ1v) is 5.58. The Bertz CT molecular complexity index is 212. The summed E-state index contributed by atoms with van der Waals surface area (Å²) in [5.41, 5.74) is 0.312. The summed E-state index contributed by atoms with van der Waals surface area (Å²) in [4.78, 5) is 2.43. The SMILES string of the molecule is C=C(C)C1(O)CCCN(C(C)C)CC1. The van der Waals surface area contributed by atoms with Crippen LogP contribution in [0.1, 0.15) is 40.0 Å². The zero-order chi connectivity index (χ0) is 10.8. The molecule has 1 rings (SSSR count). The summed E-state index contributed by atoms with van der Waals surface area (Å²) in [5, 5.41) is 10.3. The highest BCUT2D eigenvalue weighted by atomic mass is 16.3. The van der Waals surface area contributed by atoms with E-state index in [1.807, 2.05) is 6.92 Å². The Kier molecular flexibility index (Phi) is 3.73. The lowest BCUT2D eigenvalue weighted by Gasteiger charge is -2.28. The van der Waals surface area contributed by atoms with E-state index in [4.69, 9.17) is 0 Å². The highest BCUT2D eigenvalue weighted by Gasteiger charge is 2.31. The van der Waals surface area contributed by atoms with Crippen LogP contribution < -0.4 is 0 Å². The molecule has 1 saturated heterocycles. The molecule has 1 aliphatic heterocycles. The molecular formula is C12H23NO. The Balaban J connectivity index is 2.61. The summed E-state index contributed by atoms with van der Waals surface area (Å²) in [6.45, 7) is 12.3. The van der Waals surface area contributed by atoms with E-state index < -0.39 is 5.60 Å². The van der Waals surface area contributed by atoms with E-state index in [1.165, 1.54) is 0 Å². The fourth-order valence-corrected chi connectivity index (χ4v) is 2.08. The number of hydrogen-bond acceptors (Lipinski definition) is 2. The van der Waals surface area contributed by atoms with Crippen LogP contribution in [0.5, 0.6) is 0 Å². The van der Waals surface area contributed by atoms with Crippen molar-refractivity contribution in [2.75, 3.05) is 13.1 Å². The molecule has 0 radical (unpaired) electrons. The van der Waals surface area contributed by atoms with E-state index in [1.54, 1.807) is 0 Å². The van der Waals surface area contributed by atoms with E-state index >= 15 is 0 Å². The molecule has 0 spiro atoms. The van der Waals surface area contributed by atoms with E-state index in [0.29, 0.717) is 6.04 Å². The lowest BCUT2D eigenvalue weighted by Crippen LogP contribution is -2.34. The van der Waals surface area contributed by atoms with Gasteiger partial charge in [-0.15, -0.1) is 0 Å². The summed E-state index contributed by atoms with van der Waals surface area (Å²) in [6.07, 6.45) is 2.77. The molecule has 1 fully saturated rings. The third kappa shape index (κ3) is 2.58. The number of hydrogen-bond donors (Lipinski definition) is 1. The normalized spacial score (nSPS) is 30.4. The van der Waals surface area contributed by atoms with Gasteiger partial charge in [-0.05, 0) is 52.2 Å². The maximum absolute atomic E-state index is 10.3. The van der Waals surface area contributed by atoms with Crippen molar-refractivity contribution in [2.45, 2.75) is 51.7 Å². The Hall–Kier alpha value is -0.340. The second kappa shape index (κ2) is 4.45. The van der Waals surface area contributed by atoms with Gasteiger partial charge in [-0.1, -0.05) is 6.58 Å². The van der Waals surface area contributed by atoms with Crippen LogP contribution in [0.15, 0.2) is 12.2 Å². The van der Waals surface area contributed by atoms with E-state index in [9.17, 15) is 5.11 Å². The van der Waals surface area contributed by atoms with Gasteiger partial charge in [0.25, 0.3) is 0 Å². The number of nitrogens with zero attached hydrogens (tertiary/aromatic N) is 1. The minimum absolute atomic E-state index is 0.586. The number of likely N-dealkylation sites (tertiary alicyclic amines) is 1. The van der Waals surface area contributed by atoms with Crippen molar-refractivity contribution in [2.24, 2.45) is 0 Å². The molecule has 1 atom stereocenters. The van der Waals surface area contributed by atoms with E-state index in [0.717, 1.165) is 37.9 Å². The monoisotopic (exact) mass is 197 g/mol. The fraction of sp³-hybridized carbons (Fsp3) is 0.833. The van der Waals surface area contributed by atoms with Gasteiger partial charge in [0.15, 0.2) is 0 Å². The summed E-state index contributed by atoms with van der Waals surface area (Å²) in [6, 6.07) is 0.586. The van der Waals surface area contributed by atoms with Gasteiger partial charge in [-0.3, -0.25) is 0 Å². The van der Waals surface area contributed by atoms with Gasteiger partial charge >= 0.3 is 0 Å².